The fraction of sp³-hybridized carbons (Fsp3) is 0.318. The topological polar surface area (TPSA) is 120 Å². The molecule has 0 spiro atoms. The van der Waals surface area contributed by atoms with Crippen molar-refractivity contribution in [3.63, 3.8) is 0 Å². The Labute approximate surface area is 190 Å². The summed E-state index contributed by atoms with van der Waals surface area (Å²) in [5, 5.41) is 7.97. The maximum Gasteiger partial charge on any atom is 0.320 e. The number of hydrogen-bond acceptors (Lipinski definition) is 6. The van der Waals surface area contributed by atoms with E-state index in [1.807, 2.05) is 17.9 Å². The van der Waals surface area contributed by atoms with E-state index in [1.165, 1.54) is 0 Å². The third kappa shape index (κ3) is 5.89. The van der Waals surface area contributed by atoms with Gasteiger partial charge < -0.3 is 5.32 Å². The van der Waals surface area contributed by atoms with Crippen LogP contribution in [0.5, 0.6) is 0 Å². The second-order valence-electron chi connectivity index (χ2n) is 7.64. The molecule has 9 nitrogen and oxygen atoms in total. The summed E-state index contributed by atoms with van der Waals surface area (Å²) >= 11 is 5.96. The minimum atomic E-state index is -0.452. The van der Waals surface area contributed by atoms with Gasteiger partial charge in [-0.05, 0) is 49.2 Å². The van der Waals surface area contributed by atoms with Crippen molar-refractivity contribution in [2.24, 2.45) is 0 Å². The number of halogens is 1. The molecule has 1 saturated heterocycles. The van der Waals surface area contributed by atoms with Crippen LogP contribution in [0.25, 0.3) is 0 Å². The number of urea groups is 1. The SMILES string of the molecule is Cc1ccc(NC(=O)NCc2ccc(CN(C)C3CCC(=O)NC3=O)c(C=O)c2)nc1Cl. The van der Waals surface area contributed by atoms with Crippen molar-refractivity contribution in [3.05, 3.63) is 57.7 Å². The number of nitrogens with one attached hydrogen (secondary N) is 3. The molecular weight excluding hydrogens is 434 g/mol. The molecule has 3 rings (SSSR count). The van der Waals surface area contributed by atoms with Crippen LogP contribution in [0.4, 0.5) is 10.6 Å². The van der Waals surface area contributed by atoms with Crippen LogP contribution in [0.1, 0.15) is 39.9 Å². The lowest BCUT2D eigenvalue weighted by Crippen LogP contribution is -2.51. The van der Waals surface area contributed by atoms with E-state index in [4.69, 9.17) is 11.6 Å². The van der Waals surface area contributed by atoms with Crippen LogP contribution in [-0.4, -0.2) is 47.1 Å². The third-order valence-corrected chi connectivity index (χ3v) is 5.61. The molecule has 0 radical (unpaired) electrons. The maximum absolute atomic E-state index is 12.1. The van der Waals surface area contributed by atoms with Crippen molar-refractivity contribution >= 4 is 41.6 Å². The van der Waals surface area contributed by atoms with Crippen molar-refractivity contribution < 1.29 is 19.2 Å². The summed E-state index contributed by atoms with van der Waals surface area (Å²) in [7, 11) is 1.78. The van der Waals surface area contributed by atoms with E-state index < -0.39 is 12.1 Å². The van der Waals surface area contributed by atoms with Gasteiger partial charge in [0, 0.05) is 25.1 Å². The first-order valence-corrected chi connectivity index (χ1v) is 10.4. The number of imide groups is 1. The fourth-order valence-electron chi connectivity index (χ4n) is 3.41. The van der Waals surface area contributed by atoms with E-state index in [0.717, 1.165) is 23.0 Å². The van der Waals surface area contributed by atoms with Gasteiger partial charge in [-0.3, -0.25) is 29.9 Å². The summed E-state index contributed by atoms with van der Waals surface area (Å²) in [6.07, 6.45) is 1.48. The highest BCUT2D eigenvalue weighted by molar-refractivity contribution is 6.30. The van der Waals surface area contributed by atoms with Gasteiger partial charge in [-0.15, -0.1) is 0 Å². The van der Waals surface area contributed by atoms with Crippen LogP contribution in [0, 0.1) is 6.92 Å². The minimum Gasteiger partial charge on any atom is -0.334 e. The molecule has 1 aliphatic heterocycles. The molecule has 10 heteroatoms. The number of carbonyl (C=O) groups excluding carboxylic acids is 4. The van der Waals surface area contributed by atoms with Crippen molar-refractivity contribution in [1.82, 2.24) is 20.5 Å². The summed E-state index contributed by atoms with van der Waals surface area (Å²) < 4.78 is 0. The Kier molecular flexibility index (Phi) is 7.55. The number of hydrogen-bond donors (Lipinski definition) is 3. The van der Waals surface area contributed by atoms with E-state index in [0.29, 0.717) is 29.5 Å². The average molecular weight is 458 g/mol. The molecule has 32 heavy (non-hydrogen) atoms. The van der Waals surface area contributed by atoms with Crippen LogP contribution in [0.3, 0.4) is 0 Å². The van der Waals surface area contributed by atoms with Gasteiger partial charge in [0.15, 0.2) is 0 Å². The fourth-order valence-corrected chi connectivity index (χ4v) is 3.56. The smallest absolute Gasteiger partial charge is 0.320 e. The molecule has 2 aromatic rings. The number of aldehydes is 1. The molecule has 1 fully saturated rings. The van der Waals surface area contributed by atoms with Crippen LogP contribution >= 0.6 is 11.6 Å². The standard InChI is InChI=1S/C22H24ClN5O4/c1-13-3-7-18(25-20(13)23)26-22(32)24-10-14-4-5-15(16(9-14)12-29)11-28(2)17-6-8-19(30)27-21(17)31/h3-5,7,9,12,17H,6,8,10-11H2,1-2H3,(H,27,30,31)(H2,24,25,26,32). The second-order valence-corrected chi connectivity index (χ2v) is 8.00. The Morgan fingerprint density at radius 1 is 1.31 bits per heavy atom. The predicted molar refractivity (Wildman–Crippen MR) is 119 cm³/mol. The summed E-state index contributed by atoms with van der Waals surface area (Å²) in [5.41, 5.74) is 2.77. The lowest BCUT2D eigenvalue weighted by Gasteiger charge is -2.30. The van der Waals surface area contributed by atoms with E-state index in [-0.39, 0.29) is 24.8 Å². The van der Waals surface area contributed by atoms with E-state index in [9.17, 15) is 19.2 Å². The number of anilines is 1. The highest BCUT2D eigenvalue weighted by atomic mass is 35.5. The number of piperidine rings is 1. The number of pyridine rings is 1. The quantitative estimate of drug-likeness (QED) is 0.333. The monoisotopic (exact) mass is 457 g/mol. The van der Waals surface area contributed by atoms with Crippen LogP contribution < -0.4 is 16.0 Å². The van der Waals surface area contributed by atoms with E-state index in [1.54, 1.807) is 31.3 Å². The van der Waals surface area contributed by atoms with Crippen LogP contribution in [0.15, 0.2) is 30.3 Å². The average Bonchev–Trinajstić information content (AvgIpc) is 2.75. The molecule has 4 amide bonds. The zero-order valence-corrected chi connectivity index (χ0v) is 18.5. The molecule has 0 saturated carbocycles. The summed E-state index contributed by atoms with van der Waals surface area (Å²) in [4.78, 5) is 53.0. The van der Waals surface area contributed by atoms with Gasteiger partial charge in [0.25, 0.3) is 0 Å². The number of carbonyl (C=O) groups is 4. The number of benzene rings is 1. The molecule has 1 unspecified atom stereocenters. The molecule has 1 aliphatic rings. The number of nitrogens with zero attached hydrogens (tertiary/aromatic N) is 2. The lowest BCUT2D eigenvalue weighted by molar-refractivity contribution is -0.137. The molecule has 0 bridgehead atoms. The molecular formula is C22H24ClN5O4. The Morgan fingerprint density at radius 3 is 2.78 bits per heavy atom. The molecule has 3 N–H and O–H groups in total. The Bertz CT molecular complexity index is 1060. The summed E-state index contributed by atoms with van der Waals surface area (Å²) in [5.74, 6) is -0.263. The number of aryl methyl sites for hydroxylation is 1. The zero-order valence-electron chi connectivity index (χ0n) is 17.8. The van der Waals surface area contributed by atoms with Gasteiger partial charge >= 0.3 is 6.03 Å². The molecule has 1 aromatic heterocycles. The maximum atomic E-state index is 12.1. The lowest BCUT2D eigenvalue weighted by atomic mass is 10.0. The van der Waals surface area contributed by atoms with Gasteiger partial charge in [-0.2, -0.15) is 0 Å². The highest BCUT2D eigenvalue weighted by Crippen LogP contribution is 2.18. The molecule has 2 heterocycles. The Hall–Kier alpha value is -3.30. The molecule has 1 atom stereocenters. The third-order valence-electron chi connectivity index (χ3n) is 5.23. The minimum absolute atomic E-state index is 0.204. The Morgan fingerprint density at radius 2 is 2.09 bits per heavy atom. The van der Waals surface area contributed by atoms with Crippen molar-refractivity contribution in [3.8, 4) is 0 Å². The second kappa shape index (κ2) is 10.3. The van der Waals surface area contributed by atoms with Gasteiger partial charge in [0.1, 0.15) is 17.3 Å². The van der Waals surface area contributed by atoms with E-state index in [2.05, 4.69) is 20.9 Å². The van der Waals surface area contributed by atoms with Gasteiger partial charge in [-0.25, -0.2) is 9.78 Å². The largest absolute Gasteiger partial charge is 0.334 e. The number of rotatable bonds is 7. The van der Waals surface area contributed by atoms with Crippen molar-refractivity contribution in [2.75, 3.05) is 12.4 Å². The highest BCUT2D eigenvalue weighted by Gasteiger charge is 2.29. The van der Waals surface area contributed by atoms with Crippen molar-refractivity contribution in [2.45, 2.75) is 38.9 Å². The molecule has 1 aromatic carbocycles. The van der Waals surface area contributed by atoms with Gasteiger partial charge in [0.2, 0.25) is 11.8 Å². The summed E-state index contributed by atoms with van der Waals surface area (Å²) in [6, 6.07) is 7.82. The van der Waals surface area contributed by atoms with Gasteiger partial charge in [0.05, 0.1) is 6.04 Å². The first-order chi connectivity index (χ1) is 15.3. The van der Waals surface area contributed by atoms with E-state index >= 15 is 0 Å². The van der Waals surface area contributed by atoms with Gasteiger partial charge in [-0.1, -0.05) is 29.8 Å². The number of amides is 4. The first kappa shape index (κ1) is 23.4. The van der Waals surface area contributed by atoms with Crippen LogP contribution in [0.2, 0.25) is 5.15 Å². The number of likely N-dealkylation sites (N-methyl/N-ethyl adjacent to an activating group) is 1. The zero-order chi connectivity index (χ0) is 23.3. The summed E-state index contributed by atoms with van der Waals surface area (Å²) in [6.45, 7) is 2.39. The first-order valence-electron chi connectivity index (χ1n) is 10.1. The Balaban J connectivity index is 1.59. The number of aromatic nitrogens is 1. The molecule has 168 valence electrons. The van der Waals surface area contributed by atoms with Crippen molar-refractivity contribution in [1.29, 1.82) is 0 Å². The predicted octanol–water partition coefficient (Wildman–Crippen LogP) is 2.41. The molecule has 0 aliphatic carbocycles. The normalized spacial score (nSPS) is 15.9. The van der Waals surface area contributed by atoms with Crippen LogP contribution in [-0.2, 0) is 22.7 Å².